The molecule has 0 aliphatic rings. The summed E-state index contributed by atoms with van der Waals surface area (Å²) in [7, 11) is 0. The molecule has 0 unspecified atom stereocenters. The Kier molecular flexibility index (Phi) is 7.84. The minimum Gasteiger partial charge on any atom is -0.446 e. The molecule has 1 aromatic heterocycles. The number of nitrogens with zero attached hydrogens (tertiary/aromatic N) is 1. The van der Waals surface area contributed by atoms with E-state index in [2.05, 4.69) is 4.98 Å². The lowest BCUT2D eigenvalue weighted by molar-refractivity contribution is 0.476. The molecule has 0 fully saturated rings. The van der Waals surface area contributed by atoms with Gasteiger partial charge in [0.25, 0.3) is 0 Å². The number of halogens is 2. The molecule has 1 heterocycles. The Balaban J connectivity index is 0. The highest BCUT2D eigenvalue weighted by Gasteiger charge is 1.95. The summed E-state index contributed by atoms with van der Waals surface area (Å²) in [4.78, 5) is 3.91. The van der Waals surface area contributed by atoms with Crippen LogP contribution in [-0.4, -0.2) is 11.5 Å². The Labute approximate surface area is 78.2 Å². The molecule has 1 rings (SSSR count). The van der Waals surface area contributed by atoms with Crippen LogP contribution >= 0.6 is 24.8 Å². The van der Waals surface area contributed by atoms with Gasteiger partial charge in [-0.15, -0.1) is 24.8 Å². The molecule has 5 heteroatoms. The van der Waals surface area contributed by atoms with Crippen molar-refractivity contribution in [1.29, 1.82) is 0 Å². The zero-order valence-electron chi connectivity index (χ0n) is 6.24. The second-order valence-corrected chi connectivity index (χ2v) is 1.88. The zero-order valence-corrected chi connectivity index (χ0v) is 7.87. The first-order chi connectivity index (χ1) is 4.33. The van der Waals surface area contributed by atoms with E-state index in [4.69, 9.17) is 10.2 Å². The quantitative estimate of drug-likeness (QED) is 0.781. The van der Waals surface area contributed by atoms with Crippen LogP contribution < -0.4 is 5.73 Å². The van der Waals surface area contributed by atoms with Crippen molar-refractivity contribution in [2.24, 2.45) is 5.73 Å². The highest BCUT2D eigenvalue weighted by Crippen LogP contribution is 2.00. The Hall–Kier alpha value is -0.250. The van der Waals surface area contributed by atoms with Crippen molar-refractivity contribution in [3.8, 4) is 0 Å². The molecule has 0 aliphatic heterocycles. The number of hydrogen-bond donors (Lipinski definition) is 1. The normalized spacial score (nSPS) is 8.18. The number of hydrogen-bond acceptors (Lipinski definition) is 3. The minimum absolute atomic E-state index is 0. The van der Waals surface area contributed by atoms with Crippen LogP contribution in [0.2, 0.25) is 0 Å². The first-order valence-electron chi connectivity index (χ1n) is 2.94. The van der Waals surface area contributed by atoms with Gasteiger partial charge in [0.15, 0.2) is 5.89 Å². The minimum atomic E-state index is 0. The molecular weight excluding hydrogens is 187 g/mol. The van der Waals surface area contributed by atoms with Gasteiger partial charge in [0, 0.05) is 13.3 Å². The van der Waals surface area contributed by atoms with Crippen LogP contribution in [-0.2, 0) is 6.42 Å². The standard InChI is InChI=1S/C6H10N2O.2ClH/c1-5-8-4-6(9-5)2-3-7;;/h4H,2-3,7H2,1H3;2*1H. The third kappa shape index (κ3) is 4.24. The van der Waals surface area contributed by atoms with Crippen LogP contribution in [0, 0.1) is 6.92 Å². The molecule has 11 heavy (non-hydrogen) atoms. The van der Waals surface area contributed by atoms with E-state index in [1.807, 2.05) is 6.92 Å². The van der Waals surface area contributed by atoms with Gasteiger partial charge in [0.2, 0.25) is 0 Å². The summed E-state index contributed by atoms with van der Waals surface area (Å²) in [6.07, 6.45) is 2.49. The predicted molar refractivity (Wildman–Crippen MR) is 48.5 cm³/mol. The number of oxazole rings is 1. The average Bonchev–Trinajstić information content (AvgIpc) is 2.17. The highest BCUT2D eigenvalue weighted by molar-refractivity contribution is 5.85. The molecule has 1 aromatic rings. The third-order valence-corrected chi connectivity index (χ3v) is 1.06. The van der Waals surface area contributed by atoms with Crippen LogP contribution in [0.15, 0.2) is 10.6 Å². The van der Waals surface area contributed by atoms with Gasteiger partial charge in [-0.25, -0.2) is 4.98 Å². The van der Waals surface area contributed by atoms with Crippen molar-refractivity contribution in [3.63, 3.8) is 0 Å². The molecule has 3 nitrogen and oxygen atoms in total. The monoisotopic (exact) mass is 198 g/mol. The maximum Gasteiger partial charge on any atom is 0.191 e. The van der Waals surface area contributed by atoms with E-state index >= 15 is 0 Å². The lowest BCUT2D eigenvalue weighted by Gasteiger charge is -1.86. The highest BCUT2D eigenvalue weighted by atomic mass is 35.5. The fourth-order valence-electron chi connectivity index (χ4n) is 0.663. The Bertz CT molecular complexity index is 190. The number of nitrogens with two attached hydrogens (primary N) is 1. The van der Waals surface area contributed by atoms with Crippen molar-refractivity contribution in [3.05, 3.63) is 17.8 Å². The molecule has 0 aliphatic carbocycles. The van der Waals surface area contributed by atoms with Gasteiger partial charge in [-0.1, -0.05) is 0 Å². The average molecular weight is 199 g/mol. The lowest BCUT2D eigenvalue weighted by Crippen LogP contribution is -2.01. The summed E-state index contributed by atoms with van der Waals surface area (Å²) in [6, 6.07) is 0. The smallest absolute Gasteiger partial charge is 0.191 e. The van der Waals surface area contributed by atoms with Crippen molar-refractivity contribution in [1.82, 2.24) is 4.98 Å². The van der Waals surface area contributed by atoms with Crippen LogP contribution in [0.3, 0.4) is 0 Å². The molecule has 2 N–H and O–H groups in total. The van der Waals surface area contributed by atoms with E-state index in [0.29, 0.717) is 12.4 Å². The molecular formula is C6H12Cl2N2O. The summed E-state index contributed by atoms with van der Waals surface area (Å²) < 4.78 is 5.13. The number of aromatic nitrogens is 1. The van der Waals surface area contributed by atoms with E-state index in [-0.39, 0.29) is 24.8 Å². The first-order valence-corrected chi connectivity index (χ1v) is 2.94. The van der Waals surface area contributed by atoms with Crippen molar-refractivity contribution in [2.75, 3.05) is 6.54 Å². The predicted octanol–water partition coefficient (Wildman–Crippen LogP) is 1.33. The SMILES string of the molecule is Cc1ncc(CCN)o1.Cl.Cl. The molecule has 0 radical (unpaired) electrons. The fraction of sp³-hybridized carbons (Fsp3) is 0.500. The van der Waals surface area contributed by atoms with Gasteiger partial charge in [-0.2, -0.15) is 0 Å². The van der Waals surface area contributed by atoms with Crippen LogP contribution in [0.1, 0.15) is 11.7 Å². The molecule has 0 amide bonds. The number of rotatable bonds is 2. The van der Waals surface area contributed by atoms with Crippen LogP contribution in [0.5, 0.6) is 0 Å². The summed E-state index contributed by atoms with van der Waals surface area (Å²) in [5, 5.41) is 0. The van der Waals surface area contributed by atoms with Gasteiger partial charge in [-0.3, -0.25) is 0 Å². The first kappa shape index (κ1) is 13.3. The number of aryl methyl sites for hydroxylation is 1. The Morgan fingerprint density at radius 1 is 1.55 bits per heavy atom. The second kappa shape index (κ2) is 6.46. The fourth-order valence-corrected chi connectivity index (χ4v) is 0.663. The van der Waals surface area contributed by atoms with E-state index in [0.717, 1.165) is 12.2 Å². The molecule has 0 aromatic carbocycles. The molecule has 66 valence electrons. The lowest BCUT2D eigenvalue weighted by atomic mass is 10.4. The van der Waals surface area contributed by atoms with Gasteiger partial charge in [0.05, 0.1) is 6.20 Å². The Morgan fingerprint density at radius 3 is 2.55 bits per heavy atom. The molecule has 0 saturated carbocycles. The molecule has 0 spiro atoms. The summed E-state index contributed by atoms with van der Waals surface area (Å²) in [5.74, 6) is 1.58. The topological polar surface area (TPSA) is 52.0 Å². The third-order valence-electron chi connectivity index (χ3n) is 1.06. The largest absolute Gasteiger partial charge is 0.446 e. The second-order valence-electron chi connectivity index (χ2n) is 1.88. The van der Waals surface area contributed by atoms with Gasteiger partial charge in [0.1, 0.15) is 5.76 Å². The van der Waals surface area contributed by atoms with Crippen molar-refractivity contribution in [2.45, 2.75) is 13.3 Å². The van der Waals surface area contributed by atoms with Gasteiger partial charge < -0.3 is 10.2 Å². The van der Waals surface area contributed by atoms with E-state index in [1.54, 1.807) is 6.20 Å². The van der Waals surface area contributed by atoms with E-state index in [1.165, 1.54) is 0 Å². The molecule has 0 bridgehead atoms. The Morgan fingerprint density at radius 2 is 2.18 bits per heavy atom. The van der Waals surface area contributed by atoms with Crippen LogP contribution in [0.4, 0.5) is 0 Å². The summed E-state index contributed by atoms with van der Waals surface area (Å²) in [5.41, 5.74) is 5.28. The van der Waals surface area contributed by atoms with Crippen LogP contribution in [0.25, 0.3) is 0 Å². The summed E-state index contributed by atoms with van der Waals surface area (Å²) in [6.45, 7) is 2.44. The maximum atomic E-state index is 5.28. The van der Waals surface area contributed by atoms with Crippen molar-refractivity contribution >= 4 is 24.8 Å². The van der Waals surface area contributed by atoms with Crippen molar-refractivity contribution < 1.29 is 4.42 Å². The summed E-state index contributed by atoms with van der Waals surface area (Å²) >= 11 is 0. The van der Waals surface area contributed by atoms with E-state index in [9.17, 15) is 0 Å². The molecule has 0 saturated heterocycles. The van der Waals surface area contributed by atoms with Gasteiger partial charge in [-0.05, 0) is 6.54 Å². The van der Waals surface area contributed by atoms with E-state index < -0.39 is 0 Å². The van der Waals surface area contributed by atoms with Gasteiger partial charge >= 0.3 is 0 Å². The zero-order chi connectivity index (χ0) is 6.69. The molecule has 0 atom stereocenters. The maximum absolute atomic E-state index is 5.28.